The Morgan fingerprint density at radius 2 is 1.75 bits per heavy atom. The van der Waals surface area contributed by atoms with Gasteiger partial charge < -0.3 is 10.6 Å². The molecule has 4 heteroatoms. The predicted molar refractivity (Wildman–Crippen MR) is 67.7 cm³/mol. The highest BCUT2D eigenvalue weighted by molar-refractivity contribution is 5.30. The van der Waals surface area contributed by atoms with Gasteiger partial charge in [0.15, 0.2) is 0 Å². The summed E-state index contributed by atoms with van der Waals surface area (Å²) in [6.07, 6.45) is 0.917. The van der Waals surface area contributed by atoms with E-state index >= 15 is 0 Å². The normalized spacial score (nSPS) is 11.6. The molecule has 0 atom stereocenters. The minimum atomic E-state index is -0.146. The highest BCUT2D eigenvalue weighted by Crippen LogP contribution is 2.11. The van der Waals surface area contributed by atoms with E-state index in [1.807, 2.05) is 40.8 Å². The van der Waals surface area contributed by atoms with Gasteiger partial charge in [-0.2, -0.15) is 0 Å². The number of aromatic nitrogens is 2. The molecule has 1 rings (SSSR count). The maximum Gasteiger partial charge on any atom is 0.225 e. The van der Waals surface area contributed by atoms with E-state index in [-0.39, 0.29) is 5.54 Å². The Hall–Kier alpha value is -1.16. The van der Waals surface area contributed by atoms with E-state index in [0.29, 0.717) is 0 Å². The number of aryl methyl sites for hydroxylation is 2. The van der Waals surface area contributed by atoms with E-state index in [1.54, 1.807) is 0 Å². The van der Waals surface area contributed by atoms with Gasteiger partial charge in [0.25, 0.3) is 0 Å². The molecule has 0 aliphatic carbocycles. The number of hydrogen-bond acceptors (Lipinski definition) is 4. The van der Waals surface area contributed by atoms with Gasteiger partial charge in [-0.1, -0.05) is 0 Å². The van der Waals surface area contributed by atoms with Gasteiger partial charge in [-0.15, -0.1) is 0 Å². The van der Waals surface area contributed by atoms with E-state index in [1.165, 1.54) is 0 Å². The summed E-state index contributed by atoms with van der Waals surface area (Å²) in [5.41, 5.74) is 7.81. The molecule has 0 aromatic carbocycles. The van der Waals surface area contributed by atoms with Crippen LogP contribution in [0.1, 0.15) is 31.7 Å². The predicted octanol–water partition coefficient (Wildman–Crippen LogP) is 1.66. The number of nitrogens with two attached hydrogens (primary N) is 1. The van der Waals surface area contributed by atoms with Crippen LogP contribution in [0.3, 0.4) is 0 Å². The fraction of sp³-hybridized carbons (Fsp3) is 0.667. The minimum Gasteiger partial charge on any atom is -0.344 e. The van der Waals surface area contributed by atoms with E-state index in [0.717, 1.165) is 30.3 Å². The zero-order chi connectivity index (χ0) is 12.3. The van der Waals surface area contributed by atoms with Crippen LogP contribution in [0, 0.1) is 13.8 Å². The van der Waals surface area contributed by atoms with Gasteiger partial charge in [-0.25, -0.2) is 9.97 Å². The molecule has 1 aromatic rings. The van der Waals surface area contributed by atoms with Crippen molar-refractivity contribution in [3.05, 3.63) is 17.5 Å². The van der Waals surface area contributed by atoms with Crippen molar-refractivity contribution in [2.45, 2.75) is 39.7 Å². The summed E-state index contributed by atoms with van der Waals surface area (Å²) in [6.45, 7) is 8.90. The van der Waals surface area contributed by atoms with Crippen LogP contribution in [0.15, 0.2) is 6.07 Å². The summed E-state index contributed by atoms with van der Waals surface area (Å²) in [6, 6.07) is 1.98. The Morgan fingerprint density at radius 3 is 2.19 bits per heavy atom. The molecule has 1 aromatic heterocycles. The lowest BCUT2D eigenvalue weighted by atomic mass is 10.0. The monoisotopic (exact) mass is 222 g/mol. The van der Waals surface area contributed by atoms with Gasteiger partial charge >= 0.3 is 0 Å². The molecule has 0 aliphatic heterocycles. The van der Waals surface area contributed by atoms with Crippen LogP contribution in [0.4, 0.5) is 5.95 Å². The van der Waals surface area contributed by atoms with Crippen LogP contribution < -0.4 is 10.6 Å². The van der Waals surface area contributed by atoms with Crippen LogP contribution in [0.25, 0.3) is 0 Å². The molecule has 0 aliphatic rings. The lowest BCUT2D eigenvalue weighted by molar-refractivity contribution is 0.477. The molecule has 90 valence electrons. The fourth-order valence-electron chi connectivity index (χ4n) is 1.43. The molecule has 0 saturated heterocycles. The van der Waals surface area contributed by atoms with Gasteiger partial charge in [0.05, 0.1) is 0 Å². The third-order valence-corrected chi connectivity index (χ3v) is 2.40. The minimum absolute atomic E-state index is 0.146. The van der Waals surface area contributed by atoms with Crippen molar-refractivity contribution in [2.24, 2.45) is 5.73 Å². The summed E-state index contributed by atoms with van der Waals surface area (Å²) in [4.78, 5) is 10.9. The summed E-state index contributed by atoms with van der Waals surface area (Å²) in [7, 11) is 2.00. The molecular formula is C12H22N4. The first-order valence-electron chi connectivity index (χ1n) is 5.60. The average Bonchev–Trinajstić information content (AvgIpc) is 2.11. The summed E-state index contributed by atoms with van der Waals surface area (Å²) >= 11 is 0. The molecule has 4 nitrogen and oxygen atoms in total. The van der Waals surface area contributed by atoms with E-state index in [9.17, 15) is 0 Å². The molecular weight excluding hydrogens is 200 g/mol. The Bertz CT molecular complexity index is 334. The van der Waals surface area contributed by atoms with E-state index < -0.39 is 0 Å². The Labute approximate surface area is 97.9 Å². The maximum absolute atomic E-state index is 5.95. The van der Waals surface area contributed by atoms with E-state index in [4.69, 9.17) is 5.73 Å². The van der Waals surface area contributed by atoms with E-state index in [2.05, 4.69) is 14.9 Å². The molecule has 0 bridgehead atoms. The zero-order valence-corrected chi connectivity index (χ0v) is 10.9. The Kier molecular flexibility index (Phi) is 3.86. The molecule has 0 saturated carbocycles. The number of rotatable bonds is 4. The van der Waals surface area contributed by atoms with Crippen LogP contribution in [0.2, 0.25) is 0 Å². The van der Waals surface area contributed by atoms with Crippen LogP contribution in [-0.2, 0) is 0 Å². The average molecular weight is 222 g/mol. The second-order valence-corrected chi connectivity index (χ2v) is 5.11. The van der Waals surface area contributed by atoms with Gasteiger partial charge in [0.2, 0.25) is 5.95 Å². The third kappa shape index (κ3) is 4.14. The largest absolute Gasteiger partial charge is 0.344 e. The quantitative estimate of drug-likeness (QED) is 0.841. The number of anilines is 1. The summed E-state index contributed by atoms with van der Waals surface area (Å²) in [5, 5.41) is 0. The Balaban J connectivity index is 2.69. The van der Waals surface area contributed by atoms with Crippen molar-refractivity contribution >= 4 is 5.95 Å². The number of nitrogens with zero attached hydrogens (tertiary/aromatic N) is 3. The molecule has 0 spiro atoms. The van der Waals surface area contributed by atoms with Gasteiger partial charge in [0, 0.05) is 30.5 Å². The first kappa shape index (κ1) is 12.9. The molecule has 0 fully saturated rings. The zero-order valence-electron chi connectivity index (χ0n) is 10.9. The standard InChI is InChI=1S/C12H22N4/c1-9-8-10(2)15-11(14-9)16(5)7-6-12(3,4)13/h8H,6-7,13H2,1-5H3. The highest BCUT2D eigenvalue weighted by Gasteiger charge is 2.13. The van der Waals surface area contributed by atoms with Gasteiger partial charge in [-0.3, -0.25) is 0 Å². The molecule has 0 unspecified atom stereocenters. The van der Waals surface area contributed by atoms with Crippen LogP contribution in [-0.4, -0.2) is 29.1 Å². The van der Waals surface area contributed by atoms with Crippen LogP contribution in [0.5, 0.6) is 0 Å². The first-order chi connectivity index (χ1) is 7.28. The summed E-state index contributed by atoms with van der Waals surface area (Å²) < 4.78 is 0. The second-order valence-electron chi connectivity index (χ2n) is 5.11. The molecule has 2 N–H and O–H groups in total. The van der Waals surface area contributed by atoms with Crippen molar-refractivity contribution in [2.75, 3.05) is 18.5 Å². The summed E-state index contributed by atoms with van der Waals surface area (Å²) in [5.74, 6) is 0.779. The van der Waals surface area contributed by atoms with Crippen molar-refractivity contribution in [1.82, 2.24) is 9.97 Å². The van der Waals surface area contributed by atoms with Gasteiger partial charge in [-0.05, 0) is 40.2 Å². The SMILES string of the molecule is Cc1cc(C)nc(N(C)CCC(C)(C)N)n1. The topological polar surface area (TPSA) is 55.0 Å². The molecule has 0 amide bonds. The first-order valence-corrected chi connectivity index (χ1v) is 5.60. The fourth-order valence-corrected chi connectivity index (χ4v) is 1.43. The van der Waals surface area contributed by atoms with Crippen molar-refractivity contribution in [3.8, 4) is 0 Å². The van der Waals surface area contributed by atoms with Crippen molar-refractivity contribution in [1.29, 1.82) is 0 Å². The van der Waals surface area contributed by atoms with Crippen molar-refractivity contribution < 1.29 is 0 Å². The Morgan fingerprint density at radius 1 is 1.25 bits per heavy atom. The lowest BCUT2D eigenvalue weighted by Gasteiger charge is -2.23. The smallest absolute Gasteiger partial charge is 0.225 e. The number of hydrogen-bond donors (Lipinski definition) is 1. The highest BCUT2D eigenvalue weighted by atomic mass is 15.2. The second kappa shape index (κ2) is 4.78. The maximum atomic E-state index is 5.95. The molecule has 16 heavy (non-hydrogen) atoms. The molecule has 1 heterocycles. The van der Waals surface area contributed by atoms with Gasteiger partial charge in [0.1, 0.15) is 0 Å². The third-order valence-electron chi connectivity index (χ3n) is 2.40. The van der Waals surface area contributed by atoms with Crippen molar-refractivity contribution in [3.63, 3.8) is 0 Å². The van der Waals surface area contributed by atoms with Crippen LogP contribution >= 0.6 is 0 Å². The lowest BCUT2D eigenvalue weighted by Crippen LogP contribution is -2.36. The molecule has 0 radical (unpaired) electrons.